The molecule has 2 aromatic carbocycles. The molecule has 0 atom stereocenters. The Labute approximate surface area is 150 Å². The maximum Gasteiger partial charge on any atom is 0.283 e. The number of aryl methyl sites for hydroxylation is 3. The van der Waals surface area contributed by atoms with Crippen LogP contribution in [0.2, 0.25) is 5.02 Å². The number of carbonyl (C=O) groups is 1. The van der Waals surface area contributed by atoms with Gasteiger partial charge in [-0.05, 0) is 38.0 Å². The Morgan fingerprint density at radius 1 is 1.17 bits per heavy atom. The lowest BCUT2D eigenvalue weighted by molar-refractivity contribution is 0.0959. The normalized spacial score (nSPS) is 11.3. The van der Waals surface area contributed by atoms with Gasteiger partial charge in [-0.2, -0.15) is 5.10 Å². The fourth-order valence-electron chi connectivity index (χ4n) is 2.76. The molecule has 1 N–H and O–H groups in total. The molecular formula is C19H17ClN2OS. The van der Waals surface area contributed by atoms with E-state index in [0.29, 0.717) is 9.90 Å². The quantitative estimate of drug-likeness (QED) is 0.505. The fraction of sp³-hybridized carbons (Fsp3) is 0.158. The molecule has 0 aliphatic heterocycles. The topological polar surface area (TPSA) is 41.5 Å². The van der Waals surface area contributed by atoms with Crippen LogP contribution in [0, 0.1) is 20.8 Å². The molecule has 0 aliphatic rings. The molecule has 3 nitrogen and oxygen atoms in total. The highest BCUT2D eigenvalue weighted by atomic mass is 35.5. The Morgan fingerprint density at radius 3 is 2.50 bits per heavy atom. The summed E-state index contributed by atoms with van der Waals surface area (Å²) in [4.78, 5) is 12.8. The molecule has 0 spiro atoms. The fourth-order valence-corrected chi connectivity index (χ4v) is 4.17. The molecule has 24 heavy (non-hydrogen) atoms. The summed E-state index contributed by atoms with van der Waals surface area (Å²) in [5, 5.41) is 5.47. The van der Waals surface area contributed by atoms with Crippen LogP contribution in [0.5, 0.6) is 0 Å². The summed E-state index contributed by atoms with van der Waals surface area (Å²) < 4.78 is 0.988. The van der Waals surface area contributed by atoms with E-state index in [0.717, 1.165) is 26.8 Å². The first-order chi connectivity index (χ1) is 11.5. The molecule has 0 saturated carbocycles. The number of thiophene rings is 1. The first kappa shape index (κ1) is 16.7. The number of hydrazone groups is 1. The lowest BCUT2D eigenvalue weighted by atomic mass is 10.0. The molecule has 0 fully saturated rings. The predicted octanol–water partition coefficient (Wildman–Crippen LogP) is 5.24. The van der Waals surface area contributed by atoms with E-state index >= 15 is 0 Å². The van der Waals surface area contributed by atoms with E-state index < -0.39 is 0 Å². The number of carbonyl (C=O) groups excluding carboxylic acids is 1. The Balaban J connectivity index is 1.81. The number of fused-ring (bicyclic) bond motifs is 1. The summed E-state index contributed by atoms with van der Waals surface area (Å²) in [6.45, 7) is 6.13. The molecule has 0 unspecified atom stereocenters. The maximum absolute atomic E-state index is 12.4. The summed E-state index contributed by atoms with van der Waals surface area (Å²) in [5.74, 6) is -0.292. The van der Waals surface area contributed by atoms with Crippen molar-refractivity contribution in [2.24, 2.45) is 5.10 Å². The van der Waals surface area contributed by atoms with E-state index in [1.54, 1.807) is 6.21 Å². The lowest BCUT2D eigenvalue weighted by Crippen LogP contribution is -2.16. The van der Waals surface area contributed by atoms with Gasteiger partial charge in [0.05, 0.1) is 11.2 Å². The molecule has 122 valence electrons. The highest BCUT2D eigenvalue weighted by Crippen LogP contribution is 2.34. The highest BCUT2D eigenvalue weighted by molar-refractivity contribution is 7.21. The van der Waals surface area contributed by atoms with Gasteiger partial charge in [-0.15, -0.1) is 11.3 Å². The van der Waals surface area contributed by atoms with Gasteiger partial charge in [0.25, 0.3) is 5.91 Å². The van der Waals surface area contributed by atoms with E-state index in [-0.39, 0.29) is 5.91 Å². The van der Waals surface area contributed by atoms with Crippen molar-refractivity contribution >= 4 is 45.1 Å². The van der Waals surface area contributed by atoms with Crippen molar-refractivity contribution in [1.82, 2.24) is 5.43 Å². The number of hydrogen-bond donors (Lipinski definition) is 1. The van der Waals surface area contributed by atoms with Crippen molar-refractivity contribution in [3.63, 3.8) is 0 Å². The minimum absolute atomic E-state index is 0.292. The third kappa shape index (κ3) is 3.21. The second kappa shape index (κ2) is 6.75. The molecule has 1 amide bonds. The summed E-state index contributed by atoms with van der Waals surface area (Å²) in [7, 11) is 0. The Bertz CT molecular complexity index is 936. The van der Waals surface area contributed by atoms with E-state index in [2.05, 4.69) is 29.6 Å². The standard InChI is InChI=1S/C19H17ClN2OS/c1-11-8-12(2)15(13(3)9-11)10-21-22-19(23)18-17(20)14-6-4-5-7-16(14)24-18/h4-10H,1-3H3,(H,22,23)/b21-10+. The molecule has 5 heteroatoms. The molecule has 0 bridgehead atoms. The molecule has 0 saturated heterocycles. The van der Waals surface area contributed by atoms with Crippen LogP contribution >= 0.6 is 22.9 Å². The second-order valence-corrected chi connectivity index (χ2v) is 7.18. The van der Waals surface area contributed by atoms with Gasteiger partial charge in [0.2, 0.25) is 0 Å². The first-order valence-electron chi connectivity index (χ1n) is 7.55. The minimum atomic E-state index is -0.292. The molecule has 1 aromatic heterocycles. The van der Waals surface area contributed by atoms with Crippen LogP contribution in [-0.2, 0) is 0 Å². The van der Waals surface area contributed by atoms with Crippen molar-refractivity contribution in [1.29, 1.82) is 0 Å². The summed E-state index contributed by atoms with van der Waals surface area (Å²) in [6, 6.07) is 11.9. The number of hydrogen-bond acceptors (Lipinski definition) is 3. The van der Waals surface area contributed by atoms with Crippen LogP contribution in [0.25, 0.3) is 10.1 Å². The van der Waals surface area contributed by atoms with Crippen LogP contribution in [-0.4, -0.2) is 12.1 Å². The minimum Gasteiger partial charge on any atom is -0.266 e. The van der Waals surface area contributed by atoms with Gasteiger partial charge < -0.3 is 0 Å². The molecular weight excluding hydrogens is 340 g/mol. The number of benzene rings is 2. The van der Waals surface area contributed by atoms with Gasteiger partial charge in [0.1, 0.15) is 4.88 Å². The maximum atomic E-state index is 12.4. The van der Waals surface area contributed by atoms with Gasteiger partial charge in [-0.3, -0.25) is 4.79 Å². The summed E-state index contributed by atoms with van der Waals surface area (Å²) >= 11 is 7.68. The average molecular weight is 357 g/mol. The van der Waals surface area contributed by atoms with Crippen molar-refractivity contribution in [3.05, 3.63) is 68.6 Å². The Morgan fingerprint density at radius 2 is 1.83 bits per heavy atom. The number of halogens is 1. The second-order valence-electron chi connectivity index (χ2n) is 5.75. The van der Waals surface area contributed by atoms with Crippen molar-refractivity contribution in [3.8, 4) is 0 Å². The zero-order chi connectivity index (χ0) is 17.3. The van der Waals surface area contributed by atoms with E-state index in [9.17, 15) is 4.79 Å². The van der Waals surface area contributed by atoms with Crippen LogP contribution in [0.3, 0.4) is 0 Å². The predicted molar refractivity (Wildman–Crippen MR) is 103 cm³/mol. The number of rotatable bonds is 3. The van der Waals surface area contributed by atoms with Crippen molar-refractivity contribution < 1.29 is 4.79 Å². The Hall–Kier alpha value is -2.17. The Kier molecular flexibility index (Phi) is 4.69. The summed E-state index contributed by atoms with van der Waals surface area (Å²) in [5.41, 5.74) is 7.06. The average Bonchev–Trinajstić information content (AvgIpc) is 2.87. The lowest BCUT2D eigenvalue weighted by Gasteiger charge is -2.06. The highest BCUT2D eigenvalue weighted by Gasteiger charge is 2.16. The SMILES string of the molecule is Cc1cc(C)c(/C=N/NC(=O)c2sc3ccccc3c2Cl)c(C)c1. The van der Waals surface area contributed by atoms with E-state index in [1.807, 2.05) is 38.1 Å². The number of nitrogens with zero attached hydrogens (tertiary/aromatic N) is 1. The zero-order valence-electron chi connectivity index (χ0n) is 13.7. The molecule has 0 radical (unpaired) electrons. The van der Waals surface area contributed by atoms with Crippen LogP contribution in [0.1, 0.15) is 31.9 Å². The molecule has 1 heterocycles. The molecule has 3 rings (SSSR count). The van der Waals surface area contributed by atoms with Gasteiger partial charge >= 0.3 is 0 Å². The van der Waals surface area contributed by atoms with Gasteiger partial charge in [-0.1, -0.05) is 47.5 Å². The zero-order valence-corrected chi connectivity index (χ0v) is 15.3. The monoisotopic (exact) mass is 356 g/mol. The summed E-state index contributed by atoms with van der Waals surface area (Å²) in [6.07, 6.45) is 1.68. The molecule has 0 aliphatic carbocycles. The number of amides is 1. The van der Waals surface area contributed by atoms with Gasteiger partial charge in [-0.25, -0.2) is 5.43 Å². The van der Waals surface area contributed by atoms with Crippen molar-refractivity contribution in [2.45, 2.75) is 20.8 Å². The number of nitrogens with one attached hydrogen (secondary N) is 1. The van der Waals surface area contributed by atoms with Crippen LogP contribution in [0.4, 0.5) is 0 Å². The molecule has 3 aromatic rings. The third-order valence-electron chi connectivity index (χ3n) is 3.84. The van der Waals surface area contributed by atoms with Gasteiger partial charge in [0, 0.05) is 15.6 Å². The first-order valence-corrected chi connectivity index (χ1v) is 8.75. The van der Waals surface area contributed by atoms with Gasteiger partial charge in [0.15, 0.2) is 0 Å². The third-order valence-corrected chi connectivity index (χ3v) is 5.51. The largest absolute Gasteiger partial charge is 0.283 e. The van der Waals surface area contributed by atoms with Crippen LogP contribution in [0.15, 0.2) is 41.5 Å². The van der Waals surface area contributed by atoms with E-state index in [4.69, 9.17) is 11.6 Å². The van der Waals surface area contributed by atoms with Crippen molar-refractivity contribution in [2.75, 3.05) is 0 Å². The van der Waals surface area contributed by atoms with Crippen LogP contribution < -0.4 is 5.43 Å². The van der Waals surface area contributed by atoms with E-state index in [1.165, 1.54) is 16.9 Å². The smallest absolute Gasteiger partial charge is 0.266 e.